The minimum Gasteiger partial charge on any atom is -0.243 e. The van der Waals surface area contributed by atoms with Crippen molar-refractivity contribution in [2.75, 3.05) is 0 Å². The van der Waals surface area contributed by atoms with Crippen LogP contribution in [0.1, 0.15) is 5.56 Å². The average molecular weight is 259 g/mol. The topological polar surface area (TPSA) is 25.8 Å². The van der Waals surface area contributed by atoms with Gasteiger partial charge in [-0.05, 0) is 12.1 Å². The third-order valence-corrected chi connectivity index (χ3v) is 2.43. The van der Waals surface area contributed by atoms with Crippen molar-refractivity contribution in [3.05, 3.63) is 47.4 Å². The molecule has 0 N–H and O–H groups in total. The molecule has 1 heterocycles. The van der Waals surface area contributed by atoms with Gasteiger partial charge in [-0.3, -0.25) is 0 Å². The van der Waals surface area contributed by atoms with E-state index in [4.69, 9.17) is 11.6 Å². The van der Waals surface area contributed by atoms with Gasteiger partial charge in [-0.2, -0.15) is 13.2 Å². The SMILES string of the molecule is FC(F)(F)c1ccc(-c2ncncc2Cl)cc1. The van der Waals surface area contributed by atoms with Gasteiger partial charge in [-0.15, -0.1) is 0 Å². The first-order chi connectivity index (χ1) is 7.98. The first-order valence-corrected chi connectivity index (χ1v) is 4.99. The second-order valence-corrected chi connectivity index (χ2v) is 3.70. The molecular formula is C11H6ClF3N2. The first kappa shape index (κ1) is 11.9. The van der Waals surface area contributed by atoms with Crippen molar-refractivity contribution in [3.63, 3.8) is 0 Å². The Kier molecular flexibility index (Phi) is 3.02. The minimum absolute atomic E-state index is 0.298. The molecule has 0 saturated heterocycles. The standard InChI is InChI=1S/C11H6ClF3N2/c12-9-5-16-6-17-10(9)7-1-3-8(4-2-7)11(13,14)15/h1-6H. The van der Waals surface area contributed by atoms with Crippen LogP contribution in [0.5, 0.6) is 0 Å². The Balaban J connectivity index is 2.40. The van der Waals surface area contributed by atoms with E-state index in [0.29, 0.717) is 16.3 Å². The summed E-state index contributed by atoms with van der Waals surface area (Å²) in [6.07, 6.45) is -1.66. The zero-order chi connectivity index (χ0) is 12.5. The highest BCUT2D eigenvalue weighted by atomic mass is 35.5. The van der Waals surface area contributed by atoms with Crippen LogP contribution < -0.4 is 0 Å². The minimum atomic E-state index is -4.34. The lowest BCUT2D eigenvalue weighted by Gasteiger charge is -2.07. The van der Waals surface area contributed by atoms with Crippen LogP contribution in [-0.2, 0) is 6.18 Å². The van der Waals surface area contributed by atoms with E-state index < -0.39 is 11.7 Å². The molecular weight excluding hydrogens is 253 g/mol. The quantitative estimate of drug-likeness (QED) is 0.777. The summed E-state index contributed by atoms with van der Waals surface area (Å²) >= 11 is 5.84. The molecule has 1 aromatic carbocycles. The molecule has 0 spiro atoms. The summed E-state index contributed by atoms with van der Waals surface area (Å²) in [5.74, 6) is 0. The molecule has 6 heteroatoms. The summed E-state index contributed by atoms with van der Waals surface area (Å²) in [5.41, 5.74) is 0.229. The van der Waals surface area contributed by atoms with E-state index in [2.05, 4.69) is 9.97 Å². The van der Waals surface area contributed by atoms with Gasteiger partial charge in [0.1, 0.15) is 6.33 Å². The number of halogens is 4. The van der Waals surface area contributed by atoms with Gasteiger partial charge in [0, 0.05) is 11.8 Å². The van der Waals surface area contributed by atoms with E-state index in [0.717, 1.165) is 12.1 Å². The van der Waals surface area contributed by atoms with Crippen molar-refractivity contribution in [1.82, 2.24) is 9.97 Å². The van der Waals surface area contributed by atoms with E-state index in [-0.39, 0.29) is 0 Å². The molecule has 2 rings (SSSR count). The Morgan fingerprint density at radius 1 is 1.06 bits per heavy atom. The maximum absolute atomic E-state index is 12.3. The molecule has 0 aliphatic heterocycles. The molecule has 0 radical (unpaired) electrons. The van der Waals surface area contributed by atoms with Crippen LogP contribution >= 0.6 is 11.6 Å². The molecule has 0 atom stereocenters. The van der Waals surface area contributed by atoms with Gasteiger partial charge >= 0.3 is 6.18 Å². The third kappa shape index (κ3) is 2.55. The van der Waals surface area contributed by atoms with E-state index in [1.165, 1.54) is 24.7 Å². The molecule has 0 aliphatic carbocycles. The summed E-state index contributed by atoms with van der Waals surface area (Å²) in [6.45, 7) is 0. The van der Waals surface area contributed by atoms with E-state index in [1.807, 2.05) is 0 Å². The van der Waals surface area contributed by atoms with Crippen molar-refractivity contribution < 1.29 is 13.2 Å². The zero-order valence-corrected chi connectivity index (χ0v) is 9.13. The maximum Gasteiger partial charge on any atom is 0.416 e. The molecule has 2 nitrogen and oxygen atoms in total. The number of alkyl halides is 3. The van der Waals surface area contributed by atoms with Crippen LogP contribution in [0.25, 0.3) is 11.3 Å². The van der Waals surface area contributed by atoms with Gasteiger partial charge in [-0.1, -0.05) is 23.7 Å². The van der Waals surface area contributed by atoms with E-state index >= 15 is 0 Å². The summed E-state index contributed by atoms with van der Waals surface area (Å²) in [4.78, 5) is 7.62. The molecule has 0 amide bonds. The van der Waals surface area contributed by atoms with Crippen LogP contribution in [0.4, 0.5) is 13.2 Å². The van der Waals surface area contributed by atoms with Gasteiger partial charge in [-0.25, -0.2) is 9.97 Å². The molecule has 2 aromatic rings. The fourth-order valence-electron chi connectivity index (χ4n) is 1.34. The van der Waals surface area contributed by atoms with Crippen molar-refractivity contribution in [2.45, 2.75) is 6.18 Å². The number of hydrogen-bond acceptors (Lipinski definition) is 2. The van der Waals surface area contributed by atoms with Gasteiger partial charge in [0.15, 0.2) is 0 Å². The summed E-state index contributed by atoms with van der Waals surface area (Å²) in [5, 5.41) is 0.298. The number of benzene rings is 1. The number of hydrogen-bond donors (Lipinski definition) is 0. The van der Waals surface area contributed by atoms with Crippen molar-refractivity contribution in [1.29, 1.82) is 0 Å². The fourth-order valence-corrected chi connectivity index (χ4v) is 1.56. The molecule has 0 unspecified atom stereocenters. The number of aromatic nitrogens is 2. The van der Waals surface area contributed by atoms with Crippen LogP contribution in [-0.4, -0.2) is 9.97 Å². The Morgan fingerprint density at radius 2 is 1.71 bits per heavy atom. The zero-order valence-electron chi connectivity index (χ0n) is 8.37. The van der Waals surface area contributed by atoms with Crippen molar-refractivity contribution >= 4 is 11.6 Å². The molecule has 0 saturated carbocycles. The Hall–Kier alpha value is -1.62. The Bertz CT molecular complexity index is 523. The second-order valence-electron chi connectivity index (χ2n) is 3.29. The highest BCUT2D eigenvalue weighted by Gasteiger charge is 2.30. The largest absolute Gasteiger partial charge is 0.416 e. The van der Waals surface area contributed by atoms with Crippen molar-refractivity contribution in [2.24, 2.45) is 0 Å². The fraction of sp³-hybridized carbons (Fsp3) is 0.0909. The maximum atomic E-state index is 12.3. The normalized spacial score (nSPS) is 11.5. The molecule has 88 valence electrons. The molecule has 0 bridgehead atoms. The van der Waals surface area contributed by atoms with Gasteiger partial charge in [0.25, 0.3) is 0 Å². The van der Waals surface area contributed by atoms with E-state index in [1.54, 1.807) is 0 Å². The highest BCUT2D eigenvalue weighted by molar-refractivity contribution is 6.32. The molecule has 0 aliphatic rings. The second kappa shape index (κ2) is 4.33. The summed E-state index contributed by atoms with van der Waals surface area (Å²) in [7, 11) is 0. The van der Waals surface area contributed by atoms with Gasteiger partial charge in [0.05, 0.1) is 16.3 Å². The first-order valence-electron chi connectivity index (χ1n) is 4.61. The Morgan fingerprint density at radius 3 is 2.24 bits per heavy atom. The lowest BCUT2D eigenvalue weighted by atomic mass is 10.1. The summed E-state index contributed by atoms with van der Waals surface area (Å²) < 4.78 is 37.0. The van der Waals surface area contributed by atoms with Crippen LogP contribution in [0.3, 0.4) is 0 Å². The lowest BCUT2D eigenvalue weighted by molar-refractivity contribution is -0.137. The third-order valence-electron chi connectivity index (χ3n) is 2.15. The van der Waals surface area contributed by atoms with Gasteiger partial charge < -0.3 is 0 Å². The monoisotopic (exact) mass is 258 g/mol. The smallest absolute Gasteiger partial charge is 0.243 e. The predicted molar refractivity (Wildman–Crippen MR) is 57.5 cm³/mol. The van der Waals surface area contributed by atoms with Crippen LogP contribution in [0, 0.1) is 0 Å². The molecule has 0 fully saturated rings. The molecule has 1 aromatic heterocycles. The van der Waals surface area contributed by atoms with Crippen LogP contribution in [0.15, 0.2) is 36.8 Å². The average Bonchev–Trinajstić information content (AvgIpc) is 2.29. The van der Waals surface area contributed by atoms with Crippen LogP contribution in [0.2, 0.25) is 5.02 Å². The van der Waals surface area contributed by atoms with Gasteiger partial charge in [0.2, 0.25) is 0 Å². The number of rotatable bonds is 1. The van der Waals surface area contributed by atoms with Crippen molar-refractivity contribution in [3.8, 4) is 11.3 Å². The predicted octanol–water partition coefficient (Wildman–Crippen LogP) is 3.82. The number of nitrogens with zero attached hydrogens (tertiary/aromatic N) is 2. The summed E-state index contributed by atoms with van der Waals surface area (Å²) in [6, 6.07) is 4.65. The lowest BCUT2D eigenvalue weighted by Crippen LogP contribution is -2.04. The van der Waals surface area contributed by atoms with E-state index in [9.17, 15) is 13.2 Å². The molecule has 17 heavy (non-hydrogen) atoms. The highest BCUT2D eigenvalue weighted by Crippen LogP contribution is 2.31. The Labute approximate surface area is 100 Å².